The third-order valence-corrected chi connectivity index (χ3v) is 7.04. The molecule has 2 aromatic carbocycles. The van der Waals surface area contributed by atoms with Crippen LogP contribution in [0.5, 0.6) is 0 Å². The summed E-state index contributed by atoms with van der Waals surface area (Å²) in [6.07, 6.45) is 3.69. The number of carbonyl (C=O) groups excluding carboxylic acids is 3. The van der Waals surface area contributed by atoms with E-state index in [0.29, 0.717) is 18.0 Å². The molecule has 33 heavy (non-hydrogen) atoms. The number of imide groups is 1. The SMILES string of the molecule is Cn1cc(C=C2SC(=O)N(CC(=O)N3CCN(c4ccccc4)CC3)C2=O)c2ccccc21. The average Bonchev–Trinajstić information content (AvgIpc) is 3.30. The molecule has 0 aliphatic carbocycles. The van der Waals surface area contributed by atoms with Crippen molar-refractivity contribution in [2.75, 3.05) is 37.6 Å². The van der Waals surface area contributed by atoms with E-state index in [4.69, 9.17) is 0 Å². The van der Waals surface area contributed by atoms with E-state index in [1.54, 1.807) is 11.0 Å². The Morgan fingerprint density at radius 1 is 0.970 bits per heavy atom. The van der Waals surface area contributed by atoms with Gasteiger partial charge >= 0.3 is 0 Å². The number of carbonyl (C=O) groups is 3. The van der Waals surface area contributed by atoms with Crippen LogP contribution in [0.1, 0.15) is 5.56 Å². The van der Waals surface area contributed by atoms with E-state index in [1.807, 2.05) is 60.3 Å². The molecule has 7 nitrogen and oxygen atoms in total. The smallest absolute Gasteiger partial charge is 0.294 e. The monoisotopic (exact) mass is 460 g/mol. The Morgan fingerprint density at radius 3 is 2.42 bits per heavy atom. The molecule has 0 bridgehead atoms. The first-order valence-electron chi connectivity index (χ1n) is 10.9. The van der Waals surface area contributed by atoms with E-state index in [9.17, 15) is 14.4 Å². The Morgan fingerprint density at radius 2 is 1.67 bits per heavy atom. The highest BCUT2D eigenvalue weighted by molar-refractivity contribution is 8.18. The van der Waals surface area contributed by atoms with Crippen LogP contribution in [0, 0.1) is 0 Å². The molecule has 0 atom stereocenters. The summed E-state index contributed by atoms with van der Waals surface area (Å²) in [5.41, 5.74) is 3.06. The van der Waals surface area contributed by atoms with Crippen LogP contribution >= 0.6 is 11.8 Å². The zero-order chi connectivity index (χ0) is 22.9. The van der Waals surface area contributed by atoms with Crippen molar-refractivity contribution in [2.24, 2.45) is 7.05 Å². The lowest BCUT2D eigenvalue weighted by Gasteiger charge is -2.36. The number of para-hydroxylation sites is 2. The van der Waals surface area contributed by atoms with Gasteiger partial charge in [0.1, 0.15) is 6.54 Å². The standard InChI is InChI=1S/C25H24N4O3S/c1-26-16-18(20-9-5-6-10-21(20)26)15-22-24(31)29(25(32)33-22)17-23(30)28-13-11-27(12-14-28)19-7-3-2-4-8-19/h2-10,15-16H,11-14,17H2,1H3. The lowest BCUT2D eigenvalue weighted by Crippen LogP contribution is -2.51. The normalized spacial score (nSPS) is 18.1. The Balaban J connectivity index is 1.25. The maximum absolute atomic E-state index is 12.9. The maximum atomic E-state index is 12.9. The zero-order valence-electron chi connectivity index (χ0n) is 18.3. The molecule has 168 valence electrons. The predicted octanol–water partition coefficient (Wildman–Crippen LogP) is 3.56. The first-order chi connectivity index (χ1) is 16.0. The fourth-order valence-electron chi connectivity index (χ4n) is 4.35. The highest BCUT2D eigenvalue weighted by Gasteiger charge is 2.37. The zero-order valence-corrected chi connectivity index (χ0v) is 19.1. The molecule has 2 fully saturated rings. The summed E-state index contributed by atoms with van der Waals surface area (Å²) >= 11 is 0.891. The molecule has 0 radical (unpaired) electrons. The maximum Gasteiger partial charge on any atom is 0.294 e. The molecular weight excluding hydrogens is 436 g/mol. The van der Waals surface area contributed by atoms with E-state index < -0.39 is 11.1 Å². The molecule has 2 aliphatic heterocycles. The number of hydrogen-bond acceptors (Lipinski definition) is 5. The van der Waals surface area contributed by atoms with Gasteiger partial charge in [-0.1, -0.05) is 36.4 Å². The van der Waals surface area contributed by atoms with Gasteiger partial charge in [-0.25, -0.2) is 0 Å². The minimum Gasteiger partial charge on any atom is -0.368 e. The summed E-state index contributed by atoms with van der Waals surface area (Å²) < 4.78 is 1.99. The summed E-state index contributed by atoms with van der Waals surface area (Å²) in [6.45, 7) is 2.35. The number of thioether (sulfide) groups is 1. The van der Waals surface area contributed by atoms with Crippen LogP contribution in [-0.2, 0) is 16.6 Å². The fourth-order valence-corrected chi connectivity index (χ4v) is 5.18. The number of hydrogen-bond donors (Lipinski definition) is 0. The van der Waals surface area contributed by atoms with Crippen molar-refractivity contribution in [3.8, 4) is 0 Å². The number of rotatable bonds is 4. The van der Waals surface area contributed by atoms with E-state index in [0.717, 1.165) is 51.9 Å². The van der Waals surface area contributed by atoms with Crippen LogP contribution in [-0.4, -0.2) is 64.1 Å². The van der Waals surface area contributed by atoms with Crippen LogP contribution in [0.25, 0.3) is 17.0 Å². The molecule has 0 saturated carbocycles. The second-order valence-corrected chi connectivity index (χ2v) is 9.18. The highest BCUT2D eigenvalue weighted by Crippen LogP contribution is 2.34. The number of amides is 3. The molecule has 0 N–H and O–H groups in total. The number of piperazine rings is 1. The van der Waals surface area contributed by atoms with Crippen molar-refractivity contribution in [1.29, 1.82) is 0 Å². The van der Waals surface area contributed by atoms with Gasteiger partial charge in [0.25, 0.3) is 11.1 Å². The number of nitrogens with zero attached hydrogens (tertiary/aromatic N) is 4. The third-order valence-electron chi connectivity index (χ3n) is 6.14. The first-order valence-corrected chi connectivity index (χ1v) is 11.7. The minimum atomic E-state index is -0.408. The molecular formula is C25H24N4O3S. The molecule has 1 aromatic heterocycles. The Kier molecular flexibility index (Phi) is 5.68. The quantitative estimate of drug-likeness (QED) is 0.557. The van der Waals surface area contributed by atoms with Crippen molar-refractivity contribution in [3.63, 3.8) is 0 Å². The van der Waals surface area contributed by atoms with Crippen LogP contribution in [0.15, 0.2) is 65.7 Å². The predicted molar refractivity (Wildman–Crippen MR) is 131 cm³/mol. The molecule has 0 unspecified atom stereocenters. The van der Waals surface area contributed by atoms with Gasteiger partial charge in [-0.2, -0.15) is 0 Å². The topological polar surface area (TPSA) is 65.9 Å². The summed E-state index contributed by atoms with van der Waals surface area (Å²) in [4.78, 5) is 43.7. The number of aryl methyl sites for hydroxylation is 1. The molecule has 3 amide bonds. The third kappa shape index (κ3) is 4.14. The number of anilines is 1. The molecule has 3 aromatic rings. The van der Waals surface area contributed by atoms with Gasteiger partial charge < -0.3 is 14.4 Å². The van der Waals surface area contributed by atoms with Crippen molar-refractivity contribution in [3.05, 3.63) is 71.3 Å². The largest absolute Gasteiger partial charge is 0.368 e. The van der Waals surface area contributed by atoms with Gasteiger partial charge in [-0.3, -0.25) is 19.3 Å². The van der Waals surface area contributed by atoms with Crippen molar-refractivity contribution in [2.45, 2.75) is 0 Å². The second-order valence-electron chi connectivity index (χ2n) is 8.18. The molecule has 0 spiro atoms. The fraction of sp³-hybridized carbons (Fsp3) is 0.240. The van der Waals surface area contributed by atoms with Crippen molar-refractivity contribution < 1.29 is 14.4 Å². The van der Waals surface area contributed by atoms with Crippen LogP contribution in [0.2, 0.25) is 0 Å². The van der Waals surface area contributed by atoms with Crippen LogP contribution < -0.4 is 4.90 Å². The summed E-state index contributed by atoms with van der Waals surface area (Å²) in [5.74, 6) is -0.606. The van der Waals surface area contributed by atoms with Crippen LogP contribution in [0.3, 0.4) is 0 Å². The van der Waals surface area contributed by atoms with Gasteiger partial charge in [0, 0.05) is 61.6 Å². The Hall–Kier alpha value is -3.52. The van der Waals surface area contributed by atoms with Gasteiger partial charge in [-0.05, 0) is 36.0 Å². The highest BCUT2D eigenvalue weighted by atomic mass is 32.2. The minimum absolute atomic E-state index is 0.198. The van der Waals surface area contributed by atoms with E-state index in [-0.39, 0.29) is 12.5 Å². The second kappa shape index (κ2) is 8.78. The molecule has 5 rings (SSSR count). The molecule has 3 heterocycles. The first kappa shape index (κ1) is 21.3. The van der Waals surface area contributed by atoms with Crippen molar-refractivity contribution in [1.82, 2.24) is 14.4 Å². The van der Waals surface area contributed by atoms with E-state index >= 15 is 0 Å². The van der Waals surface area contributed by atoms with Crippen molar-refractivity contribution >= 4 is 51.5 Å². The summed E-state index contributed by atoms with van der Waals surface area (Å²) in [6, 6.07) is 18.0. The number of fused-ring (bicyclic) bond motifs is 1. The van der Waals surface area contributed by atoms with Gasteiger partial charge in [0.15, 0.2) is 0 Å². The number of aromatic nitrogens is 1. The molecule has 2 saturated heterocycles. The Labute approximate surface area is 196 Å². The summed E-state index contributed by atoms with van der Waals surface area (Å²) in [5, 5.41) is 0.613. The average molecular weight is 461 g/mol. The van der Waals surface area contributed by atoms with Gasteiger partial charge in [0.2, 0.25) is 5.91 Å². The molecule has 2 aliphatic rings. The Bertz CT molecular complexity index is 1260. The lowest BCUT2D eigenvalue weighted by molar-refractivity contribution is -0.136. The van der Waals surface area contributed by atoms with Gasteiger partial charge in [0.05, 0.1) is 4.91 Å². The van der Waals surface area contributed by atoms with Gasteiger partial charge in [-0.15, -0.1) is 0 Å². The van der Waals surface area contributed by atoms with E-state index in [1.165, 1.54) is 0 Å². The summed E-state index contributed by atoms with van der Waals surface area (Å²) in [7, 11) is 1.95. The molecule has 8 heteroatoms. The number of benzene rings is 2. The van der Waals surface area contributed by atoms with E-state index in [2.05, 4.69) is 17.0 Å². The lowest BCUT2D eigenvalue weighted by atomic mass is 10.1. The van der Waals surface area contributed by atoms with Crippen LogP contribution in [0.4, 0.5) is 10.5 Å².